The summed E-state index contributed by atoms with van der Waals surface area (Å²) in [6.45, 7) is 5.96. The molecule has 0 N–H and O–H groups in total. The van der Waals surface area contributed by atoms with Crippen LogP contribution in [0.4, 0.5) is 4.39 Å². The molecule has 1 heterocycles. The topological polar surface area (TPSA) is 25.8 Å². The fourth-order valence-electron chi connectivity index (χ4n) is 2.16. The molecule has 0 fully saturated rings. The molecule has 0 aliphatic heterocycles. The lowest BCUT2D eigenvalue weighted by Gasteiger charge is -2.24. The lowest BCUT2D eigenvalue weighted by Crippen LogP contribution is -2.23. The molecule has 2 nitrogen and oxygen atoms in total. The van der Waals surface area contributed by atoms with Gasteiger partial charge in [0.15, 0.2) is 0 Å². The predicted molar refractivity (Wildman–Crippen MR) is 84.6 cm³/mol. The Balaban J connectivity index is 2.47. The van der Waals surface area contributed by atoms with Crippen molar-refractivity contribution in [2.75, 3.05) is 0 Å². The van der Waals surface area contributed by atoms with Crippen LogP contribution in [0.15, 0.2) is 24.3 Å². The van der Waals surface area contributed by atoms with Crippen molar-refractivity contribution in [3.63, 3.8) is 0 Å². The molecule has 0 radical (unpaired) electrons. The number of halogens is 3. The maximum atomic E-state index is 13.1. The molecule has 0 saturated heterocycles. The summed E-state index contributed by atoms with van der Waals surface area (Å²) in [4.78, 5) is 8.80. The summed E-state index contributed by atoms with van der Waals surface area (Å²) in [5, 5.41) is 0.782. The van der Waals surface area contributed by atoms with Crippen molar-refractivity contribution in [1.29, 1.82) is 0 Å². The molecule has 1 aromatic carbocycles. The van der Waals surface area contributed by atoms with Crippen LogP contribution in [0.1, 0.15) is 44.1 Å². The van der Waals surface area contributed by atoms with E-state index in [0.29, 0.717) is 16.1 Å². The van der Waals surface area contributed by atoms with Gasteiger partial charge in [0, 0.05) is 11.0 Å². The van der Waals surface area contributed by atoms with Crippen LogP contribution in [0.5, 0.6) is 0 Å². The van der Waals surface area contributed by atoms with Crippen molar-refractivity contribution in [3.05, 3.63) is 57.3 Å². The smallest absolute Gasteiger partial charge is 0.141 e. The Morgan fingerprint density at radius 3 is 2.05 bits per heavy atom. The highest BCUT2D eigenvalue weighted by atomic mass is 35.5. The van der Waals surface area contributed by atoms with Gasteiger partial charge in [-0.15, -0.1) is 0 Å². The number of aromatic nitrogens is 2. The quantitative estimate of drug-likeness (QED) is 0.721. The molecule has 1 aromatic heterocycles. The van der Waals surface area contributed by atoms with Gasteiger partial charge in [0.2, 0.25) is 0 Å². The summed E-state index contributed by atoms with van der Waals surface area (Å²) in [6.07, 6.45) is 1.67. The number of hydrogen-bond acceptors (Lipinski definition) is 2. The van der Waals surface area contributed by atoms with E-state index < -0.39 is 5.41 Å². The molecule has 2 aromatic rings. The highest BCUT2D eigenvalue weighted by molar-refractivity contribution is 6.34. The minimum Gasteiger partial charge on any atom is -0.220 e. The summed E-state index contributed by atoms with van der Waals surface area (Å²) in [5.41, 5.74) is 1.17. The normalized spacial score (nSPS) is 11.7. The summed E-state index contributed by atoms with van der Waals surface area (Å²) in [7, 11) is 0. The molecule has 5 heteroatoms. The van der Waals surface area contributed by atoms with Crippen molar-refractivity contribution in [1.82, 2.24) is 9.97 Å². The second-order valence-corrected chi connectivity index (χ2v) is 6.21. The summed E-state index contributed by atoms with van der Waals surface area (Å²) >= 11 is 12.5. The Morgan fingerprint density at radius 1 is 1.05 bits per heavy atom. The molecule has 0 unspecified atom stereocenters. The van der Waals surface area contributed by atoms with Crippen molar-refractivity contribution in [2.24, 2.45) is 0 Å². The first-order chi connectivity index (χ1) is 9.86. The van der Waals surface area contributed by atoms with E-state index in [1.165, 1.54) is 12.1 Å². The number of benzene rings is 1. The van der Waals surface area contributed by atoms with Crippen LogP contribution in [0.3, 0.4) is 0 Å². The zero-order valence-corrected chi connectivity index (χ0v) is 13.8. The summed E-state index contributed by atoms with van der Waals surface area (Å²) in [6, 6.07) is 6.29. The first-order valence-corrected chi connectivity index (χ1v) is 7.60. The van der Waals surface area contributed by atoms with Gasteiger partial charge in [0.25, 0.3) is 0 Å². The highest BCUT2D eigenvalue weighted by Crippen LogP contribution is 2.32. The Morgan fingerprint density at radius 2 is 1.57 bits per heavy atom. The highest BCUT2D eigenvalue weighted by Gasteiger charge is 2.28. The fourth-order valence-corrected chi connectivity index (χ4v) is 2.74. The van der Waals surface area contributed by atoms with E-state index in [9.17, 15) is 4.39 Å². The zero-order valence-electron chi connectivity index (χ0n) is 12.3. The number of nitrogens with zero attached hydrogens (tertiary/aromatic N) is 2. The van der Waals surface area contributed by atoms with Crippen LogP contribution < -0.4 is 0 Å². The summed E-state index contributed by atoms with van der Waals surface area (Å²) in [5.74, 6) is 0.258. The average molecular weight is 327 g/mol. The predicted octanol–water partition coefficient (Wildman–Crippen LogP) is 5.20. The Kier molecular flexibility index (Phi) is 4.84. The lowest BCUT2D eigenvalue weighted by atomic mass is 9.83. The Hall–Kier alpha value is -1.19. The van der Waals surface area contributed by atoms with E-state index >= 15 is 0 Å². The minimum absolute atomic E-state index is 0.273. The maximum absolute atomic E-state index is 13.1. The van der Waals surface area contributed by atoms with Crippen molar-refractivity contribution in [3.8, 4) is 0 Å². The lowest BCUT2D eigenvalue weighted by molar-refractivity contribution is 0.581. The fraction of sp³-hybridized carbons (Fsp3) is 0.375. The van der Waals surface area contributed by atoms with E-state index in [0.717, 1.165) is 24.0 Å². The molecule has 0 aliphatic rings. The van der Waals surface area contributed by atoms with E-state index in [1.54, 1.807) is 12.1 Å². The molecule has 112 valence electrons. The van der Waals surface area contributed by atoms with Gasteiger partial charge in [-0.05, 0) is 38.0 Å². The SMILES string of the molecule is CCCc1c(Cl)nc(C(C)(C)c2ccc(F)cc2)nc1Cl. The van der Waals surface area contributed by atoms with E-state index in [2.05, 4.69) is 9.97 Å². The van der Waals surface area contributed by atoms with Crippen LogP contribution in [-0.4, -0.2) is 9.97 Å². The largest absolute Gasteiger partial charge is 0.220 e. The molecule has 0 spiro atoms. The molecule has 0 atom stereocenters. The van der Waals surface area contributed by atoms with Crippen LogP contribution in [0.25, 0.3) is 0 Å². The van der Waals surface area contributed by atoms with Gasteiger partial charge < -0.3 is 0 Å². The van der Waals surface area contributed by atoms with E-state index in [1.807, 2.05) is 20.8 Å². The van der Waals surface area contributed by atoms with Crippen LogP contribution in [0.2, 0.25) is 10.3 Å². The van der Waals surface area contributed by atoms with Crippen molar-refractivity contribution < 1.29 is 4.39 Å². The van der Waals surface area contributed by atoms with Gasteiger partial charge >= 0.3 is 0 Å². The average Bonchev–Trinajstić information content (AvgIpc) is 2.43. The van der Waals surface area contributed by atoms with Gasteiger partial charge in [-0.2, -0.15) is 0 Å². The number of hydrogen-bond donors (Lipinski definition) is 0. The zero-order chi connectivity index (χ0) is 15.6. The Bertz CT molecular complexity index is 616. The monoisotopic (exact) mass is 326 g/mol. The van der Waals surface area contributed by atoms with Gasteiger partial charge in [-0.3, -0.25) is 0 Å². The molecule has 2 rings (SSSR count). The third-order valence-electron chi connectivity index (χ3n) is 3.53. The van der Waals surface area contributed by atoms with Crippen LogP contribution in [-0.2, 0) is 11.8 Å². The molecular formula is C16H17Cl2FN2. The molecule has 21 heavy (non-hydrogen) atoms. The van der Waals surface area contributed by atoms with Crippen LogP contribution in [0, 0.1) is 5.82 Å². The molecular weight excluding hydrogens is 310 g/mol. The van der Waals surface area contributed by atoms with E-state index in [-0.39, 0.29) is 5.82 Å². The molecule has 0 aliphatic carbocycles. The minimum atomic E-state index is -0.508. The van der Waals surface area contributed by atoms with Gasteiger partial charge in [0.05, 0.1) is 0 Å². The maximum Gasteiger partial charge on any atom is 0.141 e. The van der Waals surface area contributed by atoms with Gasteiger partial charge in [-0.25, -0.2) is 14.4 Å². The molecule has 0 saturated carbocycles. The van der Waals surface area contributed by atoms with Crippen molar-refractivity contribution in [2.45, 2.75) is 39.0 Å². The third-order valence-corrected chi connectivity index (χ3v) is 4.16. The van der Waals surface area contributed by atoms with E-state index in [4.69, 9.17) is 23.2 Å². The van der Waals surface area contributed by atoms with Gasteiger partial charge in [0.1, 0.15) is 21.9 Å². The first-order valence-electron chi connectivity index (χ1n) is 6.84. The second-order valence-electron chi connectivity index (χ2n) is 5.49. The van der Waals surface area contributed by atoms with Gasteiger partial charge in [-0.1, -0.05) is 48.7 Å². The second kappa shape index (κ2) is 6.29. The summed E-state index contributed by atoms with van der Waals surface area (Å²) < 4.78 is 13.1. The molecule has 0 amide bonds. The van der Waals surface area contributed by atoms with Crippen LogP contribution >= 0.6 is 23.2 Å². The van der Waals surface area contributed by atoms with Crippen molar-refractivity contribution >= 4 is 23.2 Å². The number of rotatable bonds is 4. The standard InChI is InChI=1S/C16H17Cl2FN2/c1-4-5-12-13(17)20-15(21-14(12)18)16(2,3)10-6-8-11(19)9-7-10/h6-9H,4-5H2,1-3H3. The third kappa shape index (κ3) is 3.35. The first kappa shape index (κ1) is 16.2. The molecule has 0 bridgehead atoms. The Labute approximate surface area is 134 Å².